The number of rotatable bonds is 1. The number of nitrogens with one attached hydrogen (secondary N) is 2. The molecule has 0 atom stereocenters. The van der Waals surface area contributed by atoms with E-state index in [1.807, 2.05) is 18.5 Å². The number of aromatic nitrogens is 2. The molecule has 0 amide bonds. The minimum atomic E-state index is 0.886. The second kappa shape index (κ2) is 4.59. The summed E-state index contributed by atoms with van der Waals surface area (Å²) in [4.78, 5) is 8.97. The van der Waals surface area contributed by atoms with Crippen LogP contribution in [0.25, 0.3) is 22.2 Å². The van der Waals surface area contributed by atoms with Gasteiger partial charge in [-0.1, -0.05) is 29.8 Å². The third kappa shape index (κ3) is 1.92. The maximum atomic E-state index is 4.53. The Bertz CT molecular complexity index is 851. The number of anilines is 2. The molecule has 4 nitrogen and oxygen atoms in total. The van der Waals surface area contributed by atoms with Crippen molar-refractivity contribution in [3.8, 4) is 11.1 Å². The Labute approximate surface area is 122 Å². The van der Waals surface area contributed by atoms with E-state index in [9.17, 15) is 0 Å². The fourth-order valence-corrected chi connectivity index (χ4v) is 2.63. The zero-order valence-corrected chi connectivity index (χ0v) is 11.6. The van der Waals surface area contributed by atoms with Crippen molar-refractivity contribution in [1.82, 2.24) is 9.97 Å². The monoisotopic (exact) mass is 274 g/mol. The van der Waals surface area contributed by atoms with E-state index in [2.05, 4.69) is 51.8 Å². The Morgan fingerprint density at radius 3 is 2.52 bits per heavy atom. The molecule has 0 unspecified atom stereocenters. The molecule has 1 aliphatic heterocycles. The highest BCUT2D eigenvalue weighted by atomic mass is 15.0. The molecule has 21 heavy (non-hydrogen) atoms. The molecular weight excluding hydrogens is 260 g/mol. The normalized spacial score (nSPS) is 12.6. The Morgan fingerprint density at radius 1 is 0.905 bits per heavy atom. The van der Waals surface area contributed by atoms with Gasteiger partial charge in [0.2, 0.25) is 0 Å². The fraction of sp³-hybridized carbons (Fsp3) is 0.0588. The van der Waals surface area contributed by atoms with Gasteiger partial charge in [0.15, 0.2) is 0 Å². The average Bonchev–Trinajstić information content (AvgIpc) is 2.53. The summed E-state index contributed by atoms with van der Waals surface area (Å²) in [5.41, 5.74) is 7.29. The van der Waals surface area contributed by atoms with Gasteiger partial charge in [-0.2, -0.15) is 0 Å². The van der Waals surface area contributed by atoms with Gasteiger partial charge in [0.25, 0.3) is 0 Å². The van der Waals surface area contributed by atoms with Crippen molar-refractivity contribution < 1.29 is 0 Å². The number of hydrogen-bond acceptors (Lipinski definition) is 4. The first kappa shape index (κ1) is 11.9. The predicted octanol–water partition coefficient (Wildman–Crippen LogP) is 3.91. The van der Waals surface area contributed by atoms with E-state index in [-0.39, 0.29) is 0 Å². The number of nitrogens with zero attached hydrogens (tertiary/aromatic N) is 2. The molecular formula is C17H14N4. The van der Waals surface area contributed by atoms with Crippen molar-refractivity contribution in [2.75, 3.05) is 10.6 Å². The first-order valence-electron chi connectivity index (χ1n) is 6.86. The van der Waals surface area contributed by atoms with E-state index < -0.39 is 0 Å². The zero-order valence-electron chi connectivity index (χ0n) is 11.6. The van der Waals surface area contributed by atoms with E-state index in [1.165, 1.54) is 5.56 Å². The van der Waals surface area contributed by atoms with Gasteiger partial charge in [-0.15, -0.1) is 0 Å². The summed E-state index contributed by atoms with van der Waals surface area (Å²) in [6.45, 7) is 2.09. The Hall–Kier alpha value is -2.88. The molecule has 0 aliphatic carbocycles. The van der Waals surface area contributed by atoms with Crippen LogP contribution in [0.15, 0.2) is 55.1 Å². The van der Waals surface area contributed by atoms with Crippen LogP contribution in [0.3, 0.4) is 0 Å². The lowest BCUT2D eigenvalue weighted by atomic mass is 9.98. The molecule has 3 aromatic rings. The summed E-state index contributed by atoms with van der Waals surface area (Å²) < 4.78 is 0. The largest absolute Gasteiger partial charge is 0.359 e. The van der Waals surface area contributed by atoms with Crippen molar-refractivity contribution in [3.05, 3.63) is 60.7 Å². The topological polar surface area (TPSA) is 49.8 Å². The average molecular weight is 274 g/mol. The minimum absolute atomic E-state index is 0.886. The van der Waals surface area contributed by atoms with Crippen LogP contribution in [0.2, 0.25) is 0 Å². The highest BCUT2D eigenvalue weighted by molar-refractivity contribution is 6.05. The van der Waals surface area contributed by atoms with Crippen LogP contribution < -0.4 is 10.6 Å². The van der Waals surface area contributed by atoms with Crippen LogP contribution in [-0.2, 0) is 0 Å². The van der Waals surface area contributed by atoms with Crippen LogP contribution in [0, 0.1) is 6.92 Å². The fourth-order valence-electron chi connectivity index (χ4n) is 2.63. The summed E-state index contributed by atoms with van der Waals surface area (Å²) in [6.07, 6.45) is 7.23. The molecule has 0 spiro atoms. The first-order valence-corrected chi connectivity index (χ1v) is 6.86. The second-order valence-electron chi connectivity index (χ2n) is 5.09. The molecule has 102 valence electrons. The van der Waals surface area contributed by atoms with Gasteiger partial charge < -0.3 is 10.6 Å². The Kier molecular flexibility index (Phi) is 2.60. The molecule has 2 N–H and O–H groups in total. The Morgan fingerprint density at radius 2 is 1.67 bits per heavy atom. The summed E-state index contributed by atoms with van der Waals surface area (Å²) in [6, 6.07) is 10.5. The maximum Gasteiger partial charge on any atom is 0.0987 e. The molecule has 4 heteroatoms. The van der Waals surface area contributed by atoms with Crippen LogP contribution in [0.5, 0.6) is 0 Å². The van der Waals surface area contributed by atoms with E-state index >= 15 is 0 Å². The molecule has 0 radical (unpaired) electrons. The number of hydrogen-bond donors (Lipinski definition) is 2. The van der Waals surface area contributed by atoms with Crippen molar-refractivity contribution in [3.63, 3.8) is 0 Å². The molecule has 1 aromatic heterocycles. The van der Waals surface area contributed by atoms with Gasteiger partial charge in [-0.05, 0) is 18.6 Å². The highest BCUT2D eigenvalue weighted by Crippen LogP contribution is 2.40. The van der Waals surface area contributed by atoms with Crippen LogP contribution in [0.4, 0.5) is 11.4 Å². The minimum Gasteiger partial charge on any atom is -0.359 e. The van der Waals surface area contributed by atoms with Gasteiger partial charge in [0, 0.05) is 30.4 Å². The smallest absolute Gasteiger partial charge is 0.0987 e. The summed E-state index contributed by atoms with van der Waals surface area (Å²) in [5, 5.41) is 6.59. The highest BCUT2D eigenvalue weighted by Gasteiger charge is 2.17. The molecule has 4 rings (SSSR count). The lowest BCUT2D eigenvalue weighted by Gasteiger charge is -2.20. The number of aryl methyl sites for hydroxylation is 1. The molecule has 0 fully saturated rings. The second-order valence-corrected chi connectivity index (χ2v) is 5.09. The van der Waals surface area contributed by atoms with E-state index in [1.54, 1.807) is 12.4 Å². The van der Waals surface area contributed by atoms with Crippen LogP contribution >= 0.6 is 0 Å². The maximum absolute atomic E-state index is 4.53. The standard InChI is InChI=1S/C17H14N4/c1-11-2-4-12(5-3-11)15-16-13(18-6-8-20-16)10-14-17(15)21-9-7-19-14/h2-10,18,20H,1H3. The van der Waals surface area contributed by atoms with Crippen LogP contribution in [-0.4, -0.2) is 9.97 Å². The number of benzene rings is 2. The molecule has 0 saturated heterocycles. The Balaban J connectivity index is 2.08. The SMILES string of the molecule is Cc1ccc(-c2c3c(cc4nccnc24)NC=CN3)cc1. The third-order valence-corrected chi connectivity index (χ3v) is 3.65. The first-order chi connectivity index (χ1) is 10.3. The van der Waals surface area contributed by atoms with Gasteiger partial charge in [-0.25, -0.2) is 0 Å². The van der Waals surface area contributed by atoms with Crippen molar-refractivity contribution in [1.29, 1.82) is 0 Å². The third-order valence-electron chi connectivity index (χ3n) is 3.65. The molecule has 0 bridgehead atoms. The van der Waals surface area contributed by atoms with Crippen molar-refractivity contribution in [2.24, 2.45) is 0 Å². The molecule has 2 aromatic carbocycles. The zero-order chi connectivity index (χ0) is 14.2. The predicted molar refractivity (Wildman–Crippen MR) is 86.1 cm³/mol. The lowest BCUT2D eigenvalue weighted by molar-refractivity contribution is 1.29. The number of fused-ring (bicyclic) bond motifs is 2. The van der Waals surface area contributed by atoms with Crippen molar-refractivity contribution in [2.45, 2.75) is 6.92 Å². The van der Waals surface area contributed by atoms with Gasteiger partial charge in [-0.3, -0.25) is 9.97 Å². The van der Waals surface area contributed by atoms with Gasteiger partial charge in [0.05, 0.1) is 22.4 Å². The van der Waals surface area contributed by atoms with Gasteiger partial charge in [0.1, 0.15) is 0 Å². The van der Waals surface area contributed by atoms with Crippen LogP contribution in [0.1, 0.15) is 5.56 Å². The van der Waals surface area contributed by atoms with E-state index in [0.717, 1.165) is 33.5 Å². The van der Waals surface area contributed by atoms with E-state index in [4.69, 9.17) is 0 Å². The quantitative estimate of drug-likeness (QED) is 0.706. The molecule has 2 heterocycles. The lowest BCUT2D eigenvalue weighted by Crippen LogP contribution is -2.05. The van der Waals surface area contributed by atoms with Gasteiger partial charge >= 0.3 is 0 Å². The van der Waals surface area contributed by atoms with Crippen molar-refractivity contribution >= 4 is 22.4 Å². The summed E-state index contributed by atoms with van der Waals surface area (Å²) >= 11 is 0. The van der Waals surface area contributed by atoms with E-state index in [0.29, 0.717) is 0 Å². The summed E-state index contributed by atoms with van der Waals surface area (Å²) in [5.74, 6) is 0. The molecule has 0 saturated carbocycles. The molecule has 1 aliphatic rings. The summed E-state index contributed by atoms with van der Waals surface area (Å²) in [7, 11) is 0.